The second kappa shape index (κ2) is 24.0. The Morgan fingerprint density at radius 3 is 2.10 bits per heavy atom. The molecule has 13 heteroatoms. The van der Waals surface area contributed by atoms with Crippen LogP contribution >= 0.6 is 11.8 Å². The second-order valence-corrected chi connectivity index (χ2v) is 10.3. The lowest BCUT2D eigenvalue weighted by Crippen LogP contribution is -2.47. The molecule has 0 radical (unpaired) electrons. The van der Waals surface area contributed by atoms with Crippen LogP contribution in [-0.4, -0.2) is 79.5 Å². The van der Waals surface area contributed by atoms with Gasteiger partial charge in [0, 0.05) is 12.8 Å². The molecule has 0 heterocycles. The summed E-state index contributed by atoms with van der Waals surface area (Å²) in [7, 11) is 0. The van der Waals surface area contributed by atoms with Crippen molar-refractivity contribution in [2.45, 2.75) is 81.1 Å². The van der Waals surface area contributed by atoms with Crippen LogP contribution in [0.1, 0.15) is 58.3 Å². The molecule has 0 bridgehead atoms. The fourth-order valence-corrected chi connectivity index (χ4v) is 4.38. The summed E-state index contributed by atoms with van der Waals surface area (Å²) in [5.74, 6) is -5.16. The van der Waals surface area contributed by atoms with Gasteiger partial charge in [-0.2, -0.15) is 0 Å². The van der Waals surface area contributed by atoms with Crippen LogP contribution < -0.4 is 16.4 Å². The summed E-state index contributed by atoms with van der Waals surface area (Å²) in [4.78, 5) is 57.9. The van der Waals surface area contributed by atoms with Gasteiger partial charge in [-0.05, 0) is 38.5 Å². The average molecular weight is 610 g/mol. The number of thioether (sulfide) groups is 1. The first-order chi connectivity index (χ1) is 20.0. The molecule has 0 aromatic rings. The lowest BCUT2D eigenvalue weighted by molar-refractivity contribution is -0.139. The van der Waals surface area contributed by atoms with Gasteiger partial charge in [-0.3, -0.25) is 24.0 Å². The molecule has 4 atom stereocenters. The third kappa shape index (κ3) is 21.1. The number of carbonyl (C=O) groups is 5. The molecule has 42 heavy (non-hydrogen) atoms. The number of carbonyl (C=O) groups excluding carboxylic acids is 2. The molecule has 8 N–H and O–H groups in total. The minimum atomic E-state index is -1.34. The first-order valence-electron chi connectivity index (χ1n) is 13.6. The van der Waals surface area contributed by atoms with Gasteiger partial charge in [0.15, 0.2) is 5.37 Å². The van der Waals surface area contributed by atoms with Gasteiger partial charge in [-0.15, -0.1) is 11.8 Å². The van der Waals surface area contributed by atoms with E-state index < -0.39 is 59.0 Å². The molecular formula is C29H43N3O9S. The summed E-state index contributed by atoms with van der Waals surface area (Å²) < 4.78 is 0. The molecule has 0 fully saturated rings. The quantitative estimate of drug-likeness (QED) is 0.0507. The number of nitrogens with two attached hydrogens (primary N) is 1. The van der Waals surface area contributed by atoms with E-state index in [2.05, 4.69) is 35.8 Å². The molecule has 0 aromatic carbocycles. The predicted octanol–water partition coefficient (Wildman–Crippen LogP) is 2.51. The van der Waals surface area contributed by atoms with Crippen molar-refractivity contribution in [3.63, 3.8) is 0 Å². The van der Waals surface area contributed by atoms with Crippen LogP contribution in [0.2, 0.25) is 0 Å². The van der Waals surface area contributed by atoms with Crippen LogP contribution in [-0.2, 0) is 24.0 Å². The normalized spacial score (nSPS) is 14.9. The Kier molecular flexibility index (Phi) is 21.9. The van der Waals surface area contributed by atoms with Gasteiger partial charge in [0.25, 0.3) is 5.91 Å². The standard InChI is InChI=1S/C29H43N3O9S/c1-2-3-4-5-6-7-8-9-10-11-12-13-16-23(22(33)15-14-17-25(35)36)42-28(27(39)31-20-26(37)38)32-24(34)19-18-21(30)29(40)41/h3-4,6-7,9-13,16,21-23,28,33H,2,5,8,14-15,17-20,30H2,1H3,(H,31,39)(H,32,34)(H,35,36)(H,37,38)(H,40,41)/b4-3+,7-6-,10-9-,12-11+,16-13+/t21-,22-,23?,28?/m0/s1. The van der Waals surface area contributed by atoms with Gasteiger partial charge in [0.1, 0.15) is 12.6 Å². The van der Waals surface area contributed by atoms with Gasteiger partial charge in [-0.25, -0.2) is 0 Å². The zero-order chi connectivity index (χ0) is 31.8. The minimum absolute atomic E-state index is 0.0859. The third-order valence-electron chi connectivity index (χ3n) is 5.39. The van der Waals surface area contributed by atoms with Crippen molar-refractivity contribution in [3.8, 4) is 0 Å². The van der Waals surface area contributed by atoms with E-state index in [0.717, 1.165) is 31.0 Å². The zero-order valence-electron chi connectivity index (χ0n) is 23.8. The van der Waals surface area contributed by atoms with E-state index in [1.165, 1.54) is 0 Å². The Hall–Kier alpha value is -3.68. The van der Waals surface area contributed by atoms with Gasteiger partial charge in [0.05, 0.1) is 11.4 Å². The van der Waals surface area contributed by atoms with Crippen molar-refractivity contribution >= 4 is 41.5 Å². The highest BCUT2D eigenvalue weighted by atomic mass is 32.2. The smallest absolute Gasteiger partial charge is 0.322 e. The molecule has 0 aliphatic carbocycles. The largest absolute Gasteiger partial charge is 0.481 e. The fourth-order valence-electron chi connectivity index (χ4n) is 3.16. The molecule has 0 aliphatic heterocycles. The van der Waals surface area contributed by atoms with E-state index in [9.17, 15) is 29.1 Å². The zero-order valence-corrected chi connectivity index (χ0v) is 24.6. The maximum Gasteiger partial charge on any atom is 0.322 e. The monoisotopic (exact) mass is 609 g/mol. The summed E-state index contributed by atoms with van der Waals surface area (Å²) in [6.07, 6.45) is 19.9. The first kappa shape index (κ1) is 38.3. The summed E-state index contributed by atoms with van der Waals surface area (Å²) >= 11 is 0.833. The van der Waals surface area contributed by atoms with Gasteiger partial charge < -0.3 is 36.8 Å². The first-order valence-corrected chi connectivity index (χ1v) is 14.5. The number of aliphatic hydroxyl groups is 1. The van der Waals surface area contributed by atoms with Crippen LogP contribution in [0.5, 0.6) is 0 Å². The minimum Gasteiger partial charge on any atom is -0.481 e. The van der Waals surface area contributed by atoms with Crippen molar-refractivity contribution in [2.24, 2.45) is 5.73 Å². The predicted molar refractivity (Wildman–Crippen MR) is 162 cm³/mol. The molecule has 2 amide bonds. The van der Waals surface area contributed by atoms with Gasteiger partial charge in [-0.1, -0.05) is 67.7 Å². The molecular weight excluding hydrogens is 566 g/mol. The van der Waals surface area contributed by atoms with E-state index >= 15 is 0 Å². The number of carboxylic acid groups (broad SMARTS) is 3. The number of hydrogen-bond donors (Lipinski definition) is 7. The highest BCUT2D eigenvalue weighted by Gasteiger charge is 2.28. The summed E-state index contributed by atoms with van der Waals surface area (Å²) in [5.41, 5.74) is 5.43. The van der Waals surface area contributed by atoms with Crippen molar-refractivity contribution in [3.05, 3.63) is 60.8 Å². The molecule has 0 saturated heterocycles. The van der Waals surface area contributed by atoms with E-state index in [-0.39, 0.29) is 32.1 Å². The van der Waals surface area contributed by atoms with Crippen molar-refractivity contribution in [2.75, 3.05) is 6.54 Å². The van der Waals surface area contributed by atoms with Crippen molar-refractivity contribution < 1.29 is 44.4 Å². The molecule has 0 spiro atoms. The molecule has 0 aliphatic rings. The summed E-state index contributed by atoms with van der Waals surface area (Å²) in [6, 6.07) is -1.28. The molecule has 0 rings (SSSR count). The Balaban J connectivity index is 5.55. The van der Waals surface area contributed by atoms with Crippen LogP contribution in [0.3, 0.4) is 0 Å². The summed E-state index contributed by atoms with van der Waals surface area (Å²) in [6.45, 7) is 1.36. The van der Waals surface area contributed by atoms with Crippen LogP contribution in [0, 0.1) is 0 Å². The number of nitrogens with one attached hydrogen (secondary N) is 2. The Labute approximate surface area is 250 Å². The highest BCUT2D eigenvalue weighted by molar-refractivity contribution is 8.01. The fraction of sp³-hybridized carbons (Fsp3) is 0.483. The number of amides is 2. The lowest BCUT2D eigenvalue weighted by Gasteiger charge is -2.25. The maximum atomic E-state index is 12.7. The Morgan fingerprint density at radius 2 is 1.48 bits per heavy atom. The number of rotatable bonds is 23. The SMILES string of the molecule is CC/C=C/C/C=C\C\C=C/C=C/C=C/C(SC(NC(=O)CC[C@H](N)C(=O)O)C(=O)NCC(=O)O)[C@@H](O)CCCC(=O)O. The van der Waals surface area contributed by atoms with Crippen LogP contribution in [0.4, 0.5) is 0 Å². The topological polar surface area (TPSA) is 216 Å². The average Bonchev–Trinajstić information content (AvgIpc) is 2.93. The Bertz CT molecular complexity index is 1010. The number of carboxylic acids is 3. The van der Waals surface area contributed by atoms with E-state index in [4.69, 9.17) is 21.1 Å². The molecule has 0 saturated carbocycles. The van der Waals surface area contributed by atoms with Crippen LogP contribution in [0.15, 0.2) is 60.8 Å². The van der Waals surface area contributed by atoms with Crippen molar-refractivity contribution in [1.29, 1.82) is 0 Å². The molecule has 2 unspecified atom stereocenters. The molecule has 12 nitrogen and oxygen atoms in total. The van der Waals surface area contributed by atoms with E-state index in [0.29, 0.717) is 0 Å². The van der Waals surface area contributed by atoms with Gasteiger partial charge in [0.2, 0.25) is 5.91 Å². The van der Waals surface area contributed by atoms with Crippen LogP contribution in [0.25, 0.3) is 0 Å². The summed E-state index contributed by atoms with van der Waals surface area (Å²) in [5, 5.41) is 40.0. The number of allylic oxidation sites excluding steroid dienone is 9. The van der Waals surface area contributed by atoms with E-state index in [1.54, 1.807) is 24.3 Å². The van der Waals surface area contributed by atoms with E-state index in [1.807, 2.05) is 18.2 Å². The van der Waals surface area contributed by atoms with Gasteiger partial charge >= 0.3 is 17.9 Å². The molecule has 0 aromatic heterocycles. The van der Waals surface area contributed by atoms with Crippen molar-refractivity contribution in [1.82, 2.24) is 10.6 Å². The third-order valence-corrected chi connectivity index (χ3v) is 6.78. The highest BCUT2D eigenvalue weighted by Crippen LogP contribution is 2.24. The lowest BCUT2D eigenvalue weighted by atomic mass is 10.1. The maximum absolute atomic E-state index is 12.7. The number of hydrogen-bond acceptors (Lipinski definition) is 8. The number of aliphatic carboxylic acids is 3. The number of aliphatic hydroxyl groups excluding tert-OH is 1. The Morgan fingerprint density at radius 1 is 0.833 bits per heavy atom. The second-order valence-electron chi connectivity index (χ2n) is 9.02. The molecule has 234 valence electrons.